The molecule has 0 aliphatic heterocycles. The molecular weight excluding hydrogens is 332 g/mol. The fourth-order valence-corrected chi connectivity index (χ4v) is 3.72. The van der Waals surface area contributed by atoms with Gasteiger partial charge in [-0.15, -0.1) is 11.3 Å². The van der Waals surface area contributed by atoms with E-state index in [-0.39, 0.29) is 12.5 Å². The maximum absolute atomic E-state index is 9.71. The molecule has 1 atom stereocenters. The summed E-state index contributed by atoms with van der Waals surface area (Å²) in [7, 11) is 0. The molecular formula is C17H15BrOS. The minimum Gasteiger partial charge on any atom is -0.396 e. The monoisotopic (exact) mass is 346 g/mol. The lowest BCUT2D eigenvalue weighted by molar-refractivity contribution is 0.264. The van der Waals surface area contributed by atoms with Gasteiger partial charge in [0.2, 0.25) is 0 Å². The van der Waals surface area contributed by atoms with Gasteiger partial charge < -0.3 is 5.11 Å². The second kappa shape index (κ2) is 6.08. The molecule has 0 aliphatic rings. The van der Waals surface area contributed by atoms with Crippen molar-refractivity contribution < 1.29 is 5.11 Å². The summed E-state index contributed by atoms with van der Waals surface area (Å²) in [6.45, 7) is 0.172. The summed E-state index contributed by atoms with van der Waals surface area (Å²) in [6, 6.07) is 16.7. The molecule has 1 aromatic heterocycles. The summed E-state index contributed by atoms with van der Waals surface area (Å²) in [4.78, 5) is 0. The van der Waals surface area contributed by atoms with Crippen LogP contribution in [0.2, 0.25) is 0 Å². The van der Waals surface area contributed by atoms with Gasteiger partial charge in [-0.25, -0.2) is 0 Å². The van der Waals surface area contributed by atoms with Crippen molar-refractivity contribution >= 4 is 37.4 Å². The van der Waals surface area contributed by atoms with Crippen molar-refractivity contribution in [2.24, 2.45) is 0 Å². The van der Waals surface area contributed by atoms with E-state index in [1.807, 2.05) is 12.1 Å². The quantitative estimate of drug-likeness (QED) is 0.706. The lowest BCUT2D eigenvalue weighted by Crippen LogP contribution is -2.07. The highest BCUT2D eigenvalue weighted by atomic mass is 79.9. The smallest absolute Gasteiger partial charge is 0.0502 e. The van der Waals surface area contributed by atoms with E-state index >= 15 is 0 Å². The van der Waals surface area contributed by atoms with Gasteiger partial charge in [0.15, 0.2) is 0 Å². The zero-order chi connectivity index (χ0) is 13.9. The van der Waals surface area contributed by atoms with Gasteiger partial charge in [0.25, 0.3) is 0 Å². The highest BCUT2D eigenvalue weighted by molar-refractivity contribution is 9.10. The summed E-state index contributed by atoms with van der Waals surface area (Å²) in [5, 5.41) is 13.2. The first kappa shape index (κ1) is 13.8. The van der Waals surface area contributed by atoms with Gasteiger partial charge in [0, 0.05) is 15.1 Å². The molecule has 1 unspecified atom stereocenters. The Kier molecular flexibility index (Phi) is 4.20. The van der Waals surface area contributed by atoms with Crippen LogP contribution in [-0.2, 0) is 6.42 Å². The Hall–Kier alpha value is -1.16. The van der Waals surface area contributed by atoms with Crippen molar-refractivity contribution in [3.8, 4) is 0 Å². The Balaban J connectivity index is 1.89. The van der Waals surface area contributed by atoms with Crippen LogP contribution in [0.15, 0.2) is 58.4 Å². The maximum atomic E-state index is 9.71. The van der Waals surface area contributed by atoms with Gasteiger partial charge in [-0.2, -0.15) is 0 Å². The Labute approximate surface area is 131 Å². The van der Waals surface area contributed by atoms with E-state index in [9.17, 15) is 5.11 Å². The average Bonchev–Trinajstić information content (AvgIpc) is 2.89. The standard InChI is InChI=1S/C17H15BrOS/c18-15-7-5-12(6-8-15)13(10-19)9-14-11-20-17-4-2-1-3-16(14)17/h1-8,11,13,19H,9-10H2. The molecule has 3 aromatic rings. The highest BCUT2D eigenvalue weighted by Gasteiger charge is 2.14. The van der Waals surface area contributed by atoms with Gasteiger partial charge >= 0.3 is 0 Å². The summed E-state index contributed by atoms with van der Waals surface area (Å²) in [6.07, 6.45) is 0.877. The molecule has 0 fully saturated rings. The number of fused-ring (bicyclic) bond motifs is 1. The van der Waals surface area contributed by atoms with Crippen LogP contribution in [0.4, 0.5) is 0 Å². The minimum atomic E-state index is 0.154. The lowest BCUT2D eigenvalue weighted by Gasteiger charge is -2.14. The number of aliphatic hydroxyl groups excluding tert-OH is 1. The third kappa shape index (κ3) is 2.80. The molecule has 2 aromatic carbocycles. The number of rotatable bonds is 4. The Morgan fingerprint density at radius 3 is 2.55 bits per heavy atom. The fraction of sp³-hybridized carbons (Fsp3) is 0.176. The second-order valence-corrected chi connectivity index (χ2v) is 6.72. The zero-order valence-corrected chi connectivity index (χ0v) is 13.3. The van der Waals surface area contributed by atoms with Crippen LogP contribution in [0.3, 0.4) is 0 Å². The van der Waals surface area contributed by atoms with Gasteiger partial charge in [-0.3, -0.25) is 0 Å². The maximum Gasteiger partial charge on any atom is 0.0502 e. The van der Waals surface area contributed by atoms with E-state index < -0.39 is 0 Å². The largest absolute Gasteiger partial charge is 0.396 e. The van der Waals surface area contributed by atoms with E-state index in [0.717, 1.165) is 10.9 Å². The number of aliphatic hydroxyl groups is 1. The highest BCUT2D eigenvalue weighted by Crippen LogP contribution is 2.30. The zero-order valence-electron chi connectivity index (χ0n) is 10.9. The van der Waals surface area contributed by atoms with E-state index in [2.05, 4.69) is 57.7 Å². The van der Waals surface area contributed by atoms with Crippen LogP contribution in [0.25, 0.3) is 10.1 Å². The molecule has 1 heterocycles. The molecule has 0 bridgehead atoms. The fourth-order valence-electron chi connectivity index (χ4n) is 2.48. The van der Waals surface area contributed by atoms with E-state index in [1.54, 1.807) is 11.3 Å². The van der Waals surface area contributed by atoms with Crippen LogP contribution in [0.5, 0.6) is 0 Å². The molecule has 0 saturated heterocycles. The molecule has 102 valence electrons. The number of hydrogen-bond donors (Lipinski definition) is 1. The Morgan fingerprint density at radius 2 is 1.80 bits per heavy atom. The average molecular weight is 347 g/mol. The molecule has 20 heavy (non-hydrogen) atoms. The van der Waals surface area contributed by atoms with Crippen molar-refractivity contribution in [2.45, 2.75) is 12.3 Å². The molecule has 3 heteroatoms. The van der Waals surface area contributed by atoms with E-state index in [1.165, 1.54) is 21.2 Å². The lowest BCUT2D eigenvalue weighted by atomic mass is 9.92. The third-order valence-electron chi connectivity index (χ3n) is 3.59. The molecule has 1 nitrogen and oxygen atoms in total. The van der Waals surface area contributed by atoms with Gasteiger partial charge in [0.1, 0.15) is 0 Å². The van der Waals surface area contributed by atoms with Crippen LogP contribution in [-0.4, -0.2) is 11.7 Å². The molecule has 0 spiro atoms. The molecule has 3 rings (SSSR count). The first-order chi connectivity index (χ1) is 9.78. The first-order valence-electron chi connectivity index (χ1n) is 6.59. The van der Waals surface area contributed by atoms with E-state index in [0.29, 0.717) is 0 Å². The normalized spacial score (nSPS) is 12.7. The van der Waals surface area contributed by atoms with Crippen molar-refractivity contribution in [3.05, 3.63) is 69.5 Å². The van der Waals surface area contributed by atoms with Crippen molar-refractivity contribution in [2.75, 3.05) is 6.61 Å². The topological polar surface area (TPSA) is 20.2 Å². The molecule has 0 aliphatic carbocycles. The number of benzene rings is 2. The third-order valence-corrected chi connectivity index (χ3v) is 5.13. The molecule has 0 saturated carbocycles. The predicted molar refractivity (Wildman–Crippen MR) is 89.5 cm³/mol. The summed E-state index contributed by atoms with van der Waals surface area (Å²) >= 11 is 5.22. The van der Waals surface area contributed by atoms with E-state index in [4.69, 9.17) is 0 Å². The minimum absolute atomic E-state index is 0.154. The first-order valence-corrected chi connectivity index (χ1v) is 8.26. The predicted octanol–water partition coefficient (Wildman–Crippen LogP) is 4.98. The van der Waals surface area contributed by atoms with Crippen molar-refractivity contribution in [3.63, 3.8) is 0 Å². The second-order valence-electron chi connectivity index (χ2n) is 4.89. The Morgan fingerprint density at radius 1 is 1.05 bits per heavy atom. The SMILES string of the molecule is OCC(Cc1csc2ccccc12)c1ccc(Br)cc1. The number of halogens is 1. The van der Waals surface area contributed by atoms with Crippen molar-refractivity contribution in [1.82, 2.24) is 0 Å². The van der Waals surface area contributed by atoms with Crippen LogP contribution in [0, 0.1) is 0 Å². The van der Waals surface area contributed by atoms with Crippen LogP contribution >= 0.6 is 27.3 Å². The summed E-state index contributed by atoms with van der Waals surface area (Å²) < 4.78 is 2.38. The van der Waals surface area contributed by atoms with Gasteiger partial charge in [-0.1, -0.05) is 46.3 Å². The Bertz CT molecular complexity index is 702. The number of thiophene rings is 1. The molecule has 1 N–H and O–H groups in total. The summed E-state index contributed by atoms with van der Waals surface area (Å²) in [5.41, 5.74) is 2.51. The van der Waals surface area contributed by atoms with Gasteiger partial charge in [0.05, 0.1) is 6.61 Å². The molecule has 0 radical (unpaired) electrons. The van der Waals surface area contributed by atoms with Crippen LogP contribution in [0.1, 0.15) is 17.0 Å². The molecule has 0 amide bonds. The van der Waals surface area contributed by atoms with Gasteiger partial charge in [-0.05, 0) is 46.5 Å². The summed E-state index contributed by atoms with van der Waals surface area (Å²) in [5.74, 6) is 0.154. The number of hydrogen-bond acceptors (Lipinski definition) is 2. The van der Waals surface area contributed by atoms with Crippen LogP contribution < -0.4 is 0 Å². The van der Waals surface area contributed by atoms with Crippen molar-refractivity contribution in [1.29, 1.82) is 0 Å².